The van der Waals surface area contributed by atoms with E-state index in [1.165, 1.54) is 6.07 Å². The van der Waals surface area contributed by atoms with Crippen molar-refractivity contribution in [2.75, 3.05) is 44.6 Å². The monoisotopic (exact) mass is 349 g/mol. The Morgan fingerprint density at radius 1 is 1.12 bits per heavy atom. The first-order chi connectivity index (χ1) is 12.1. The lowest BCUT2D eigenvalue weighted by molar-refractivity contribution is -0.117. The first-order valence-electron chi connectivity index (χ1n) is 8.25. The van der Waals surface area contributed by atoms with E-state index in [-0.39, 0.29) is 18.1 Å². The Morgan fingerprint density at radius 2 is 1.88 bits per heavy atom. The number of halogens is 2. The fourth-order valence-corrected chi connectivity index (χ4v) is 2.83. The highest BCUT2D eigenvalue weighted by molar-refractivity contribution is 5.92. The van der Waals surface area contributed by atoms with Crippen LogP contribution in [0.5, 0.6) is 0 Å². The summed E-state index contributed by atoms with van der Waals surface area (Å²) in [6.45, 7) is 5.36. The second kappa shape index (κ2) is 8.17. The Hall–Kier alpha value is -2.32. The van der Waals surface area contributed by atoms with Crippen LogP contribution in [-0.2, 0) is 11.3 Å². The number of anilines is 1. The number of aromatic nitrogens is 2. The number of hydrogen-bond acceptors (Lipinski definition) is 4. The van der Waals surface area contributed by atoms with Crippen molar-refractivity contribution in [3.8, 4) is 0 Å². The van der Waals surface area contributed by atoms with E-state index in [1.807, 2.05) is 15.7 Å². The molecule has 0 atom stereocenters. The van der Waals surface area contributed by atoms with Crippen LogP contribution in [-0.4, -0.2) is 64.5 Å². The number of nitrogens with zero attached hydrogens (tertiary/aromatic N) is 4. The zero-order valence-electron chi connectivity index (χ0n) is 13.9. The van der Waals surface area contributed by atoms with Crippen LogP contribution in [0.1, 0.15) is 0 Å². The van der Waals surface area contributed by atoms with Crippen LogP contribution < -0.4 is 5.32 Å². The smallest absolute Gasteiger partial charge is 0.238 e. The molecule has 0 bridgehead atoms. The standard InChI is InChI=1S/C17H21F2N5O/c18-14-1-2-16(15(19)11-14)21-17(25)12-23-8-5-22(6-9-23)7-10-24-4-3-20-13-24/h1-4,11,13H,5-10,12H2,(H,21,25). The highest BCUT2D eigenvalue weighted by Gasteiger charge is 2.19. The molecule has 2 heterocycles. The van der Waals surface area contributed by atoms with Crippen molar-refractivity contribution in [3.63, 3.8) is 0 Å². The minimum atomic E-state index is -0.766. The Bertz CT molecular complexity index is 699. The molecule has 1 fully saturated rings. The summed E-state index contributed by atoms with van der Waals surface area (Å²) in [6, 6.07) is 3.11. The number of piperazine rings is 1. The molecule has 1 aliphatic heterocycles. The second-order valence-corrected chi connectivity index (χ2v) is 6.09. The fraction of sp³-hybridized carbons (Fsp3) is 0.412. The van der Waals surface area contributed by atoms with E-state index in [0.29, 0.717) is 0 Å². The number of benzene rings is 1. The van der Waals surface area contributed by atoms with Crippen LogP contribution >= 0.6 is 0 Å². The van der Waals surface area contributed by atoms with Gasteiger partial charge in [-0.15, -0.1) is 0 Å². The fourth-order valence-electron chi connectivity index (χ4n) is 2.83. The summed E-state index contributed by atoms with van der Waals surface area (Å²) in [4.78, 5) is 20.4. The van der Waals surface area contributed by atoms with Crippen LogP contribution in [0.4, 0.5) is 14.5 Å². The number of amides is 1. The van der Waals surface area contributed by atoms with Crippen LogP contribution in [0.3, 0.4) is 0 Å². The highest BCUT2D eigenvalue weighted by Crippen LogP contribution is 2.15. The number of imidazole rings is 1. The SMILES string of the molecule is O=C(CN1CCN(CCn2ccnc2)CC1)Nc1ccc(F)cc1F. The summed E-state index contributed by atoms with van der Waals surface area (Å²) in [5.74, 6) is -1.72. The number of hydrogen-bond donors (Lipinski definition) is 1. The lowest BCUT2D eigenvalue weighted by Gasteiger charge is -2.34. The van der Waals surface area contributed by atoms with E-state index in [4.69, 9.17) is 0 Å². The third-order valence-electron chi connectivity index (χ3n) is 4.27. The van der Waals surface area contributed by atoms with E-state index in [1.54, 1.807) is 12.5 Å². The van der Waals surface area contributed by atoms with Crippen molar-refractivity contribution in [2.45, 2.75) is 6.54 Å². The molecule has 0 spiro atoms. The molecule has 3 rings (SSSR count). The van der Waals surface area contributed by atoms with Crippen molar-refractivity contribution >= 4 is 11.6 Å². The average molecular weight is 349 g/mol. The Labute approximate surface area is 145 Å². The normalized spacial score (nSPS) is 16.1. The molecule has 8 heteroatoms. The van der Waals surface area contributed by atoms with Gasteiger partial charge < -0.3 is 9.88 Å². The van der Waals surface area contributed by atoms with Gasteiger partial charge in [0.05, 0.1) is 18.6 Å². The third kappa shape index (κ3) is 5.07. The molecular weight excluding hydrogens is 328 g/mol. The number of rotatable bonds is 6. The largest absolute Gasteiger partial charge is 0.336 e. The van der Waals surface area contributed by atoms with Crippen molar-refractivity contribution in [2.24, 2.45) is 0 Å². The van der Waals surface area contributed by atoms with Gasteiger partial charge in [0, 0.05) is 57.7 Å². The second-order valence-electron chi connectivity index (χ2n) is 6.09. The maximum Gasteiger partial charge on any atom is 0.238 e. The maximum atomic E-state index is 13.6. The van der Waals surface area contributed by atoms with Crippen molar-refractivity contribution in [1.29, 1.82) is 0 Å². The summed E-state index contributed by atoms with van der Waals surface area (Å²) >= 11 is 0. The van der Waals surface area contributed by atoms with Crippen LogP contribution in [0.15, 0.2) is 36.9 Å². The highest BCUT2D eigenvalue weighted by atomic mass is 19.1. The molecule has 1 N–H and O–H groups in total. The van der Waals surface area contributed by atoms with Gasteiger partial charge in [-0.25, -0.2) is 13.8 Å². The lowest BCUT2D eigenvalue weighted by Crippen LogP contribution is -2.49. The zero-order chi connectivity index (χ0) is 17.6. The van der Waals surface area contributed by atoms with E-state index in [9.17, 15) is 13.6 Å². The third-order valence-corrected chi connectivity index (χ3v) is 4.27. The van der Waals surface area contributed by atoms with Gasteiger partial charge in [-0.3, -0.25) is 14.6 Å². The molecule has 0 unspecified atom stereocenters. The molecule has 2 aromatic rings. The van der Waals surface area contributed by atoms with Gasteiger partial charge >= 0.3 is 0 Å². The average Bonchev–Trinajstić information content (AvgIpc) is 3.10. The van der Waals surface area contributed by atoms with Gasteiger partial charge in [0.15, 0.2) is 0 Å². The summed E-state index contributed by atoms with van der Waals surface area (Å²) in [5.41, 5.74) is 0.00497. The Morgan fingerprint density at radius 3 is 2.56 bits per heavy atom. The number of nitrogens with one attached hydrogen (secondary N) is 1. The first kappa shape index (κ1) is 17.5. The van der Waals surface area contributed by atoms with E-state index in [2.05, 4.69) is 15.2 Å². The molecule has 1 aromatic carbocycles. The van der Waals surface area contributed by atoms with Crippen LogP contribution in [0.2, 0.25) is 0 Å². The summed E-state index contributed by atoms with van der Waals surface area (Å²) < 4.78 is 28.5. The molecule has 0 saturated carbocycles. The number of carbonyl (C=O) groups is 1. The molecule has 1 aliphatic rings. The topological polar surface area (TPSA) is 53.4 Å². The van der Waals surface area contributed by atoms with Gasteiger partial charge in [-0.2, -0.15) is 0 Å². The quantitative estimate of drug-likeness (QED) is 0.857. The minimum absolute atomic E-state index is 0.00497. The number of carbonyl (C=O) groups excluding carboxylic acids is 1. The first-order valence-corrected chi connectivity index (χ1v) is 8.25. The van der Waals surface area contributed by atoms with Crippen molar-refractivity contribution in [3.05, 3.63) is 48.6 Å². The van der Waals surface area contributed by atoms with E-state index in [0.717, 1.165) is 51.4 Å². The molecule has 1 saturated heterocycles. The van der Waals surface area contributed by atoms with Gasteiger partial charge in [-0.1, -0.05) is 0 Å². The Kier molecular flexibility index (Phi) is 5.72. The molecule has 0 aliphatic carbocycles. The van der Waals surface area contributed by atoms with Gasteiger partial charge in [0.1, 0.15) is 11.6 Å². The zero-order valence-corrected chi connectivity index (χ0v) is 13.9. The van der Waals surface area contributed by atoms with Gasteiger partial charge in [-0.05, 0) is 12.1 Å². The predicted molar refractivity (Wildman–Crippen MR) is 90.1 cm³/mol. The van der Waals surface area contributed by atoms with Crippen LogP contribution in [0.25, 0.3) is 0 Å². The minimum Gasteiger partial charge on any atom is -0.336 e. The summed E-state index contributed by atoms with van der Waals surface area (Å²) in [6.07, 6.45) is 5.50. The predicted octanol–water partition coefficient (Wildman–Crippen LogP) is 1.42. The molecule has 1 amide bonds. The molecule has 25 heavy (non-hydrogen) atoms. The van der Waals surface area contributed by atoms with Crippen molar-refractivity contribution < 1.29 is 13.6 Å². The van der Waals surface area contributed by atoms with Crippen LogP contribution in [0, 0.1) is 11.6 Å². The Balaban J connectivity index is 1.40. The van der Waals surface area contributed by atoms with E-state index >= 15 is 0 Å². The molecule has 0 radical (unpaired) electrons. The molecule has 6 nitrogen and oxygen atoms in total. The molecular formula is C17H21F2N5O. The van der Waals surface area contributed by atoms with Gasteiger partial charge in [0.25, 0.3) is 0 Å². The summed E-state index contributed by atoms with van der Waals surface area (Å²) in [5, 5.41) is 2.49. The summed E-state index contributed by atoms with van der Waals surface area (Å²) in [7, 11) is 0. The molecule has 134 valence electrons. The van der Waals surface area contributed by atoms with Gasteiger partial charge in [0.2, 0.25) is 5.91 Å². The molecule has 1 aromatic heterocycles. The lowest BCUT2D eigenvalue weighted by atomic mass is 10.2. The maximum absolute atomic E-state index is 13.6. The van der Waals surface area contributed by atoms with E-state index < -0.39 is 11.6 Å². The van der Waals surface area contributed by atoms with Crippen molar-refractivity contribution in [1.82, 2.24) is 19.4 Å².